The number of aliphatic hydroxyl groups excluding tert-OH is 1. The van der Waals surface area contributed by atoms with Crippen molar-refractivity contribution in [3.63, 3.8) is 0 Å². The fourth-order valence-electron chi connectivity index (χ4n) is 1.18. The highest BCUT2D eigenvalue weighted by molar-refractivity contribution is 4.93. The molecule has 78 valence electrons. The van der Waals surface area contributed by atoms with Gasteiger partial charge < -0.3 is 19.1 Å². The average molecular weight is 200 g/mol. The van der Waals surface area contributed by atoms with Crippen LogP contribution in [-0.4, -0.2) is 35.1 Å². The summed E-state index contributed by atoms with van der Waals surface area (Å²) in [4.78, 5) is 4.00. The molecule has 0 aliphatic carbocycles. The number of rotatable bonds is 2. The van der Waals surface area contributed by atoms with E-state index in [1.54, 1.807) is 6.92 Å². The van der Waals surface area contributed by atoms with Gasteiger partial charge in [-0.25, -0.2) is 0 Å². The maximum absolute atomic E-state index is 9.18. The summed E-state index contributed by atoms with van der Waals surface area (Å²) < 4.78 is 15.5. The number of nitrogens with zero attached hydrogens (tertiary/aromatic N) is 2. The highest BCUT2D eigenvalue weighted by Gasteiger charge is 2.23. The molecule has 1 aliphatic rings. The highest BCUT2D eigenvalue weighted by atomic mass is 16.6. The van der Waals surface area contributed by atoms with Crippen molar-refractivity contribution >= 4 is 0 Å². The second-order valence-corrected chi connectivity index (χ2v) is 3.10. The third-order valence-corrected chi connectivity index (χ3v) is 1.92. The van der Waals surface area contributed by atoms with Gasteiger partial charge >= 0.3 is 0 Å². The lowest BCUT2D eigenvalue weighted by atomic mass is 10.3. The molecule has 6 nitrogen and oxygen atoms in total. The summed E-state index contributed by atoms with van der Waals surface area (Å²) in [6, 6.07) is 0. The third kappa shape index (κ3) is 1.92. The van der Waals surface area contributed by atoms with Crippen LogP contribution < -0.4 is 0 Å². The zero-order valence-corrected chi connectivity index (χ0v) is 7.84. The van der Waals surface area contributed by atoms with Gasteiger partial charge in [0.05, 0.1) is 19.8 Å². The number of ether oxygens (including phenoxy) is 2. The fourth-order valence-corrected chi connectivity index (χ4v) is 1.18. The van der Waals surface area contributed by atoms with E-state index in [1.165, 1.54) is 0 Å². The molecule has 1 aliphatic heterocycles. The predicted molar refractivity (Wildman–Crippen MR) is 44.4 cm³/mol. The van der Waals surface area contributed by atoms with E-state index in [0.717, 1.165) is 0 Å². The van der Waals surface area contributed by atoms with Crippen LogP contribution in [0.5, 0.6) is 0 Å². The van der Waals surface area contributed by atoms with Crippen LogP contribution in [0.3, 0.4) is 0 Å². The molecule has 14 heavy (non-hydrogen) atoms. The molecular formula is C8H12N2O4. The van der Waals surface area contributed by atoms with E-state index in [2.05, 4.69) is 10.1 Å². The Kier molecular flexibility index (Phi) is 2.76. The van der Waals surface area contributed by atoms with Gasteiger partial charge in [-0.05, 0) is 6.92 Å². The summed E-state index contributed by atoms with van der Waals surface area (Å²) >= 11 is 0. The van der Waals surface area contributed by atoms with Gasteiger partial charge in [0, 0.05) is 0 Å². The summed E-state index contributed by atoms with van der Waals surface area (Å²) in [7, 11) is 0. The lowest BCUT2D eigenvalue weighted by Crippen LogP contribution is -2.22. The molecule has 6 heteroatoms. The summed E-state index contributed by atoms with van der Waals surface area (Å²) in [6.45, 7) is 3.11. The molecule has 1 fully saturated rings. The van der Waals surface area contributed by atoms with Crippen molar-refractivity contribution in [2.45, 2.75) is 19.1 Å². The first kappa shape index (κ1) is 9.57. The molecule has 1 aromatic heterocycles. The van der Waals surface area contributed by atoms with E-state index in [0.29, 0.717) is 25.7 Å². The Hall–Kier alpha value is -0.980. The first-order chi connectivity index (χ1) is 6.77. The molecule has 2 rings (SSSR count). The molecule has 2 atom stereocenters. The molecule has 0 aromatic carbocycles. The molecular weight excluding hydrogens is 188 g/mol. The minimum Gasteiger partial charge on any atom is -0.385 e. The van der Waals surface area contributed by atoms with Crippen molar-refractivity contribution in [2.75, 3.05) is 19.8 Å². The van der Waals surface area contributed by atoms with Crippen LogP contribution in [0.25, 0.3) is 0 Å². The molecule has 2 heterocycles. The number of aromatic nitrogens is 2. The third-order valence-electron chi connectivity index (χ3n) is 1.92. The zero-order chi connectivity index (χ0) is 9.97. The smallest absolute Gasteiger partial charge is 0.258 e. The lowest BCUT2D eigenvalue weighted by molar-refractivity contribution is -0.101. The summed E-state index contributed by atoms with van der Waals surface area (Å²) in [6.07, 6.45) is -1.03. The first-order valence-corrected chi connectivity index (χ1v) is 4.48. The van der Waals surface area contributed by atoms with Crippen molar-refractivity contribution in [1.29, 1.82) is 0 Å². The Labute approximate surface area is 80.8 Å². The van der Waals surface area contributed by atoms with E-state index in [1.807, 2.05) is 0 Å². The Morgan fingerprint density at radius 3 is 2.93 bits per heavy atom. The largest absolute Gasteiger partial charge is 0.385 e. The summed E-state index contributed by atoms with van der Waals surface area (Å²) in [5, 5.41) is 12.8. The Morgan fingerprint density at radius 1 is 1.50 bits per heavy atom. The molecule has 1 saturated heterocycles. The van der Waals surface area contributed by atoms with Crippen molar-refractivity contribution in [3.05, 3.63) is 11.7 Å². The topological polar surface area (TPSA) is 77.6 Å². The minimum atomic E-state index is -0.725. The van der Waals surface area contributed by atoms with E-state index < -0.39 is 6.10 Å². The van der Waals surface area contributed by atoms with Gasteiger partial charge in [0.25, 0.3) is 5.89 Å². The van der Waals surface area contributed by atoms with Crippen LogP contribution >= 0.6 is 0 Å². The first-order valence-electron chi connectivity index (χ1n) is 4.48. The standard InChI is InChI=1S/C8H12N2O4/c1-5(11)7-9-8(14-10-7)6-4-12-2-3-13-6/h5-6,11H,2-4H2,1H3. The van der Waals surface area contributed by atoms with Gasteiger partial charge in [-0.15, -0.1) is 0 Å². The van der Waals surface area contributed by atoms with Crippen molar-refractivity contribution < 1.29 is 19.1 Å². The van der Waals surface area contributed by atoms with Crippen LogP contribution in [-0.2, 0) is 9.47 Å². The van der Waals surface area contributed by atoms with Gasteiger partial charge in [-0.3, -0.25) is 0 Å². The van der Waals surface area contributed by atoms with Crippen LogP contribution in [0.2, 0.25) is 0 Å². The van der Waals surface area contributed by atoms with E-state index in [9.17, 15) is 5.11 Å². The van der Waals surface area contributed by atoms with Crippen molar-refractivity contribution in [3.8, 4) is 0 Å². The molecule has 1 aromatic rings. The Bertz CT molecular complexity index is 293. The molecule has 0 spiro atoms. The molecule has 1 N–H and O–H groups in total. The van der Waals surface area contributed by atoms with E-state index in [4.69, 9.17) is 14.0 Å². The van der Waals surface area contributed by atoms with Crippen molar-refractivity contribution in [1.82, 2.24) is 10.1 Å². The average Bonchev–Trinajstić information content (AvgIpc) is 2.68. The number of hydrogen-bond acceptors (Lipinski definition) is 6. The van der Waals surface area contributed by atoms with Gasteiger partial charge in [0.15, 0.2) is 11.9 Å². The Morgan fingerprint density at radius 2 is 2.36 bits per heavy atom. The van der Waals surface area contributed by atoms with Gasteiger partial charge in [-0.2, -0.15) is 4.98 Å². The molecule has 2 unspecified atom stereocenters. The quantitative estimate of drug-likeness (QED) is 0.735. The lowest BCUT2D eigenvalue weighted by Gasteiger charge is -2.19. The van der Waals surface area contributed by atoms with Crippen molar-refractivity contribution in [2.24, 2.45) is 0 Å². The van der Waals surface area contributed by atoms with Gasteiger partial charge in [-0.1, -0.05) is 5.16 Å². The van der Waals surface area contributed by atoms with Crippen LogP contribution in [0.15, 0.2) is 4.52 Å². The fraction of sp³-hybridized carbons (Fsp3) is 0.750. The van der Waals surface area contributed by atoms with Gasteiger partial charge in [0.1, 0.15) is 6.10 Å². The normalized spacial score (nSPS) is 24.9. The summed E-state index contributed by atoms with van der Waals surface area (Å²) in [5.41, 5.74) is 0. The number of aliphatic hydroxyl groups is 1. The van der Waals surface area contributed by atoms with E-state index >= 15 is 0 Å². The summed E-state index contributed by atoms with van der Waals surface area (Å²) in [5.74, 6) is 0.634. The van der Waals surface area contributed by atoms with Crippen LogP contribution in [0.1, 0.15) is 30.8 Å². The second kappa shape index (κ2) is 4.04. The molecule has 0 amide bonds. The SMILES string of the molecule is CC(O)c1noc(C2COCCO2)n1. The maximum Gasteiger partial charge on any atom is 0.258 e. The van der Waals surface area contributed by atoms with E-state index in [-0.39, 0.29) is 11.9 Å². The van der Waals surface area contributed by atoms with Crippen LogP contribution in [0, 0.1) is 0 Å². The molecule has 0 radical (unpaired) electrons. The number of hydrogen-bond donors (Lipinski definition) is 1. The maximum atomic E-state index is 9.18. The molecule has 0 bridgehead atoms. The van der Waals surface area contributed by atoms with Crippen LogP contribution in [0.4, 0.5) is 0 Å². The molecule has 0 saturated carbocycles. The zero-order valence-electron chi connectivity index (χ0n) is 7.84. The predicted octanol–water partition coefficient (Wildman–Crippen LogP) is 0.211. The highest BCUT2D eigenvalue weighted by Crippen LogP contribution is 2.20. The Balaban J connectivity index is 2.07. The van der Waals surface area contributed by atoms with Gasteiger partial charge in [0.2, 0.25) is 0 Å². The second-order valence-electron chi connectivity index (χ2n) is 3.10. The monoisotopic (exact) mass is 200 g/mol. The minimum absolute atomic E-state index is 0.272.